The summed E-state index contributed by atoms with van der Waals surface area (Å²) in [7, 11) is 0. The lowest BCUT2D eigenvalue weighted by Crippen LogP contribution is -2.45. The van der Waals surface area contributed by atoms with Crippen LogP contribution in [0.25, 0.3) is 0 Å². The molecular weight excluding hydrogens is 372 g/mol. The first-order chi connectivity index (χ1) is 11.5. The van der Waals surface area contributed by atoms with Gasteiger partial charge >= 0.3 is 0 Å². The van der Waals surface area contributed by atoms with Crippen molar-refractivity contribution >= 4 is 33.4 Å². The second-order valence-corrected chi connectivity index (χ2v) is 7.47. The number of anilines is 1. The molecule has 1 unspecified atom stereocenters. The molecule has 2 fully saturated rings. The number of aryl methyl sites for hydroxylation is 1. The summed E-state index contributed by atoms with van der Waals surface area (Å²) in [5.41, 5.74) is 1.88. The Hall–Kier alpha value is -1.40. The van der Waals surface area contributed by atoms with Gasteiger partial charge in [-0.05, 0) is 56.4 Å². The number of amides is 2. The van der Waals surface area contributed by atoms with Crippen LogP contribution in [0.15, 0.2) is 22.7 Å². The van der Waals surface area contributed by atoms with Crippen molar-refractivity contribution in [1.82, 2.24) is 4.90 Å². The van der Waals surface area contributed by atoms with Crippen LogP contribution in [0.1, 0.15) is 31.2 Å². The molecular formula is C18H23BrN2O3. The predicted molar refractivity (Wildman–Crippen MR) is 95.8 cm³/mol. The minimum absolute atomic E-state index is 0.0402. The topological polar surface area (TPSA) is 58.6 Å². The third-order valence-corrected chi connectivity index (χ3v) is 5.32. The van der Waals surface area contributed by atoms with Crippen molar-refractivity contribution in [2.45, 2.75) is 38.7 Å². The Bertz CT molecular complexity index is 621. The van der Waals surface area contributed by atoms with Gasteiger partial charge < -0.3 is 15.0 Å². The van der Waals surface area contributed by atoms with E-state index in [0.29, 0.717) is 32.5 Å². The predicted octanol–water partition coefficient (Wildman–Crippen LogP) is 3.11. The first kappa shape index (κ1) is 17.4. The van der Waals surface area contributed by atoms with Gasteiger partial charge in [-0.2, -0.15) is 0 Å². The number of carbonyl (C=O) groups excluding carboxylic acids is 2. The summed E-state index contributed by atoms with van der Waals surface area (Å²) in [5, 5.41) is 3.02. The quantitative estimate of drug-likeness (QED) is 0.856. The van der Waals surface area contributed by atoms with Gasteiger partial charge in [-0.3, -0.25) is 9.59 Å². The number of halogens is 1. The summed E-state index contributed by atoms with van der Waals surface area (Å²) in [6.07, 6.45) is 2.93. The lowest BCUT2D eigenvalue weighted by atomic mass is 9.95. The van der Waals surface area contributed by atoms with Gasteiger partial charge in [-0.15, -0.1) is 0 Å². The number of carbonyl (C=O) groups is 2. The van der Waals surface area contributed by atoms with Crippen molar-refractivity contribution in [1.29, 1.82) is 0 Å². The number of ether oxygens (including phenoxy) is 1. The number of benzene rings is 1. The third kappa shape index (κ3) is 3.98. The van der Waals surface area contributed by atoms with E-state index >= 15 is 0 Å². The molecule has 5 nitrogen and oxygen atoms in total. The molecule has 1 N–H and O–H groups in total. The highest BCUT2D eigenvalue weighted by molar-refractivity contribution is 9.10. The fourth-order valence-electron chi connectivity index (χ4n) is 3.34. The molecule has 1 aromatic rings. The molecule has 2 heterocycles. The lowest BCUT2D eigenvalue weighted by Gasteiger charge is -2.32. The van der Waals surface area contributed by atoms with Crippen LogP contribution >= 0.6 is 15.9 Å². The van der Waals surface area contributed by atoms with E-state index in [1.165, 1.54) is 0 Å². The van der Waals surface area contributed by atoms with Crippen LogP contribution in [-0.2, 0) is 14.3 Å². The Morgan fingerprint density at radius 1 is 1.25 bits per heavy atom. The Labute approximate surface area is 150 Å². The van der Waals surface area contributed by atoms with E-state index in [1.54, 1.807) is 0 Å². The second kappa shape index (κ2) is 7.66. The highest BCUT2D eigenvalue weighted by atomic mass is 79.9. The summed E-state index contributed by atoms with van der Waals surface area (Å²) in [6.45, 7) is 3.93. The zero-order valence-electron chi connectivity index (χ0n) is 13.9. The monoisotopic (exact) mass is 394 g/mol. The summed E-state index contributed by atoms with van der Waals surface area (Å²) < 4.78 is 6.47. The molecule has 2 amide bonds. The summed E-state index contributed by atoms with van der Waals surface area (Å²) >= 11 is 3.43. The summed E-state index contributed by atoms with van der Waals surface area (Å²) in [5.74, 6) is 0.0985. The molecule has 0 spiro atoms. The van der Waals surface area contributed by atoms with Gasteiger partial charge in [-0.1, -0.05) is 15.9 Å². The van der Waals surface area contributed by atoms with Crippen molar-refractivity contribution in [3.63, 3.8) is 0 Å². The summed E-state index contributed by atoms with van der Waals surface area (Å²) in [4.78, 5) is 26.7. The van der Waals surface area contributed by atoms with E-state index in [9.17, 15) is 9.59 Å². The van der Waals surface area contributed by atoms with E-state index in [2.05, 4.69) is 21.2 Å². The minimum atomic E-state index is -0.263. The molecule has 6 heteroatoms. The molecule has 24 heavy (non-hydrogen) atoms. The van der Waals surface area contributed by atoms with Gasteiger partial charge in [0, 0.05) is 35.8 Å². The third-order valence-electron chi connectivity index (χ3n) is 4.83. The van der Waals surface area contributed by atoms with Crippen LogP contribution in [0.4, 0.5) is 5.69 Å². The molecule has 1 aromatic carbocycles. The van der Waals surface area contributed by atoms with E-state index in [4.69, 9.17) is 4.74 Å². The number of hydrogen-bond donors (Lipinski definition) is 1. The van der Waals surface area contributed by atoms with Crippen LogP contribution < -0.4 is 5.32 Å². The lowest BCUT2D eigenvalue weighted by molar-refractivity contribution is -0.143. The normalized spacial score (nSPS) is 21.8. The van der Waals surface area contributed by atoms with Gasteiger partial charge in [0.25, 0.3) is 5.91 Å². The largest absolute Gasteiger partial charge is 0.368 e. The fraction of sp³-hybridized carbons (Fsp3) is 0.556. The van der Waals surface area contributed by atoms with Gasteiger partial charge in [0.2, 0.25) is 5.91 Å². The highest BCUT2D eigenvalue weighted by Crippen LogP contribution is 2.24. The van der Waals surface area contributed by atoms with Gasteiger partial charge in [0.15, 0.2) is 0 Å². The zero-order valence-corrected chi connectivity index (χ0v) is 15.5. The maximum absolute atomic E-state index is 12.5. The van der Waals surface area contributed by atoms with E-state index < -0.39 is 0 Å². The fourth-order valence-corrected chi connectivity index (χ4v) is 3.82. The zero-order chi connectivity index (χ0) is 17.1. The standard InChI is InChI=1S/C18H23BrN2O3/c1-12-11-14(19)4-5-15(12)20-17(22)13-6-8-21(9-7-13)18(23)16-3-2-10-24-16/h4-5,11,13,16H,2-3,6-10H2,1H3,(H,20,22). The van der Waals surface area contributed by atoms with E-state index in [-0.39, 0.29) is 23.8 Å². The average molecular weight is 395 g/mol. The van der Waals surface area contributed by atoms with Crippen molar-refractivity contribution in [3.8, 4) is 0 Å². The van der Waals surface area contributed by atoms with Crippen molar-refractivity contribution in [2.24, 2.45) is 5.92 Å². The van der Waals surface area contributed by atoms with Crippen molar-refractivity contribution in [2.75, 3.05) is 25.0 Å². The molecule has 130 valence electrons. The van der Waals surface area contributed by atoms with Crippen molar-refractivity contribution < 1.29 is 14.3 Å². The summed E-state index contributed by atoms with van der Waals surface area (Å²) in [6, 6.07) is 5.82. The number of likely N-dealkylation sites (tertiary alicyclic amines) is 1. The van der Waals surface area contributed by atoms with Gasteiger partial charge in [-0.25, -0.2) is 0 Å². The number of hydrogen-bond acceptors (Lipinski definition) is 3. The number of piperidine rings is 1. The SMILES string of the molecule is Cc1cc(Br)ccc1NC(=O)C1CCN(C(=O)C2CCCO2)CC1. The molecule has 2 aliphatic rings. The molecule has 2 saturated heterocycles. The molecule has 0 bridgehead atoms. The molecule has 0 saturated carbocycles. The van der Waals surface area contributed by atoms with E-state index in [0.717, 1.165) is 28.6 Å². The molecule has 0 aliphatic carbocycles. The smallest absolute Gasteiger partial charge is 0.251 e. The number of nitrogens with zero attached hydrogens (tertiary/aromatic N) is 1. The van der Waals surface area contributed by atoms with Gasteiger partial charge in [0.05, 0.1) is 0 Å². The van der Waals surface area contributed by atoms with Crippen LogP contribution in [0.3, 0.4) is 0 Å². The second-order valence-electron chi connectivity index (χ2n) is 6.55. The Kier molecular flexibility index (Phi) is 5.56. The first-order valence-corrected chi connectivity index (χ1v) is 9.31. The highest BCUT2D eigenvalue weighted by Gasteiger charge is 2.32. The van der Waals surface area contributed by atoms with Crippen LogP contribution in [0, 0.1) is 12.8 Å². The maximum Gasteiger partial charge on any atom is 0.251 e. The molecule has 0 aromatic heterocycles. The molecule has 0 radical (unpaired) electrons. The number of nitrogens with one attached hydrogen (secondary N) is 1. The Morgan fingerprint density at radius 2 is 2.00 bits per heavy atom. The molecule has 2 aliphatic heterocycles. The van der Waals surface area contributed by atoms with Crippen LogP contribution in [0.2, 0.25) is 0 Å². The Balaban J connectivity index is 1.52. The van der Waals surface area contributed by atoms with Gasteiger partial charge in [0.1, 0.15) is 6.10 Å². The van der Waals surface area contributed by atoms with Crippen LogP contribution in [0.5, 0.6) is 0 Å². The minimum Gasteiger partial charge on any atom is -0.368 e. The number of rotatable bonds is 3. The molecule has 1 atom stereocenters. The van der Waals surface area contributed by atoms with E-state index in [1.807, 2.05) is 30.0 Å². The maximum atomic E-state index is 12.5. The molecule has 3 rings (SSSR count). The first-order valence-electron chi connectivity index (χ1n) is 8.52. The average Bonchev–Trinajstić information content (AvgIpc) is 3.11. The van der Waals surface area contributed by atoms with Crippen molar-refractivity contribution in [3.05, 3.63) is 28.2 Å². The van der Waals surface area contributed by atoms with Crippen LogP contribution in [-0.4, -0.2) is 42.5 Å². The Morgan fingerprint density at radius 3 is 2.62 bits per heavy atom.